The molecule has 2 unspecified atom stereocenters. The lowest BCUT2D eigenvalue weighted by molar-refractivity contribution is 0.114. The fourth-order valence-electron chi connectivity index (χ4n) is 2.69. The first-order chi connectivity index (χ1) is 12.5. The third-order valence-corrected chi connectivity index (χ3v) is 4.00. The first kappa shape index (κ1) is 25.0. The molecular weight excluding hydrogens is 326 g/mol. The largest absolute Gasteiger partial charge is 0.392 e. The molecule has 0 spiro atoms. The molecule has 5 nitrogen and oxygen atoms in total. The van der Waals surface area contributed by atoms with Crippen LogP contribution in [0.1, 0.15) is 40.2 Å². The number of benzene rings is 1. The quantitative estimate of drug-likeness (QED) is 0.467. The minimum atomic E-state index is -0.328. The summed E-state index contributed by atoms with van der Waals surface area (Å²) in [5, 5.41) is 22.2. The lowest BCUT2D eigenvalue weighted by Crippen LogP contribution is -2.42. The number of nitrogens with zero attached hydrogens (tertiary/aromatic N) is 2. The Morgan fingerprint density at radius 1 is 0.923 bits per heavy atom. The van der Waals surface area contributed by atoms with Gasteiger partial charge in [-0.15, -0.1) is 0 Å². The van der Waals surface area contributed by atoms with Crippen molar-refractivity contribution in [3.63, 3.8) is 0 Å². The van der Waals surface area contributed by atoms with E-state index in [4.69, 9.17) is 0 Å². The van der Waals surface area contributed by atoms with Gasteiger partial charge in [-0.1, -0.05) is 51.1 Å². The summed E-state index contributed by atoms with van der Waals surface area (Å²) in [5.74, 6) is 0. The van der Waals surface area contributed by atoms with Crippen LogP contribution >= 0.6 is 0 Å². The van der Waals surface area contributed by atoms with Crippen molar-refractivity contribution in [3.05, 3.63) is 35.9 Å². The predicted molar refractivity (Wildman–Crippen MR) is 111 cm³/mol. The molecule has 0 saturated carbocycles. The number of hydrogen-bond acceptors (Lipinski definition) is 5. The summed E-state index contributed by atoms with van der Waals surface area (Å²) in [5.41, 5.74) is 1.33. The Bertz CT molecular complexity index is 413. The molecule has 0 aromatic heterocycles. The summed E-state index contributed by atoms with van der Waals surface area (Å²) in [6, 6.07) is 10.5. The molecule has 26 heavy (non-hydrogen) atoms. The number of likely N-dealkylation sites (N-methyl/N-ethyl adjacent to an activating group) is 1. The van der Waals surface area contributed by atoms with Crippen LogP contribution in [0.2, 0.25) is 0 Å². The van der Waals surface area contributed by atoms with Crippen LogP contribution in [0, 0.1) is 0 Å². The lowest BCUT2D eigenvalue weighted by Gasteiger charge is -2.28. The summed E-state index contributed by atoms with van der Waals surface area (Å²) >= 11 is 0. The lowest BCUT2D eigenvalue weighted by atomic mass is 10.2. The fourth-order valence-corrected chi connectivity index (χ4v) is 2.69. The number of aliphatic hydroxyl groups excluding tert-OH is 2. The monoisotopic (exact) mass is 367 g/mol. The van der Waals surface area contributed by atoms with E-state index in [1.807, 2.05) is 26.8 Å². The fraction of sp³-hybridized carbons (Fsp3) is 0.714. The molecule has 0 saturated heterocycles. The van der Waals surface area contributed by atoms with Crippen LogP contribution < -0.4 is 5.32 Å². The normalized spacial score (nSPS) is 13.4. The van der Waals surface area contributed by atoms with E-state index in [1.165, 1.54) is 5.56 Å². The van der Waals surface area contributed by atoms with Crippen molar-refractivity contribution in [2.24, 2.45) is 0 Å². The van der Waals surface area contributed by atoms with Gasteiger partial charge in [-0.3, -0.25) is 9.80 Å². The van der Waals surface area contributed by atoms with Crippen molar-refractivity contribution in [1.82, 2.24) is 15.1 Å². The highest BCUT2D eigenvalue weighted by atomic mass is 16.3. The zero-order valence-corrected chi connectivity index (χ0v) is 17.5. The van der Waals surface area contributed by atoms with Gasteiger partial charge in [0, 0.05) is 45.8 Å². The summed E-state index contributed by atoms with van der Waals surface area (Å²) in [6.07, 6.45) is -0.650. The minimum absolute atomic E-state index is 0.323. The molecule has 152 valence electrons. The van der Waals surface area contributed by atoms with Gasteiger partial charge in [-0.2, -0.15) is 0 Å². The highest BCUT2D eigenvalue weighted by Crippen LogP contribution is 2.04. The molecule has 0 amide bonds. The van der Waals surface area contributed by atoms with Gasteiger partial charge in [0.25, 0.3) is 0 Å². The molecule has 0 fully saturated rings. The third-order valence-electron chi connectivity index (χ3n) is 4.00. The van der Waals surface area contributed by atoms with Gasteiger partial charge in [-0.25, -0.2) is 0 Å². The molecule has 2 atom stereocenters. The molecule has 1 aromatic carbocycles. The zero-order valence-electron chi connectivity index (χ0n) is 17.5. The first-order valence-corrected chi connectivity index (χ1v) is 10.1. The topological polar surface area (TPSA) is 59.0 Å². The maximum atomic E-state index is 9.71. The van der Waals surface area contributed by atoms with Crippen LogP contribution in [-0.4, -0.2) is 78.0 Å². The maximum Gasteiger partial charge on any atom is 0.0639 e. The van der Waals surface area contributed by atoms with Crippen molar-refractivity contribution in [3.8, 4) is 0 Å². The van der Waals surface area contributed by atoms with Gasteiger partial charge in [0.15, 0.2) is 0 Å². The van der Waals surface area contributed by atoms with Crippen LogP contribution in [0.4, 0.5) is 0 Å². The van der Waals surface area contributed by atoms with E-state index >= 15 is 0 Å². The number of aliphatic hydroxyl groups is 2. The number of rotatable bonds is 13. The van der Waals surface area contributed by atoms with Gasteiger partial charge in [0.1, 0.15) is 0 Å². The summed E-state index contributed by atoms with van der Waals surface area (Å²) in [7, 11) is 0. The zero-order chi connectivity index (χ0) is 19.8. The SMILES string of the molecule is CC.CCN(CCN(CCNCC(C)O)CC(C)O)Cc1ccccc1. The van der Waals surface area contributed by atoms with E-state index < -0.39 is 0 Å². The molecule has 0 aliphatic rings. The van der Waals surface area contributed by atoms with E-state index in [-0.39, 0.29) is 12.2 Å². The molecular formula is C21H41N3O2. The van der Waals surface area contributed by atoms with Gasteiger partial charge in [-0.05, 0) is 26.0 Å². The predicted octanol–water partition coefficient (Wildman–Crippen LogP) is 2.19. The molecule has 5 heteroatoms. The second kappa shape index (κ2) is 16.2. The second-order valence-electron chi connectivity index (χ2n) is 6.56. The van der Waals surface area contributed by atoms with Gasteiger partial charge >= 0.3 is 0 Å². The minimum Gasteiger partial charge on any atom is -0.392 e. The van der Waals surface area contributed by atoms with E-state index in [1.54, 1.807) is 6.92 Å². The maximum absolute atomic E-state index is 9.71. The van der Waals surface area contributed by atoms with Crippen LogP contribution in [0.15, 0.2) is 30.3 Å². The Morgan fingerprint density at radius 3 is 2.08 bits per heavy atom. The van der Waals surface area contributed by atoms with Crippen molar-refractivity contribution < 1.29 is 10.2 Å². The van der Waals surface area contributed by atoms with Crippen molar-refractivity contribution in [2.75, 3.05) is 45.8 Å². The Labute approximate surface area is 161 Å². The van der Waals surface area contributed by atoms with E-state index in [2.05, 4.69) is 46.3 Å². The Kier molecular flexibility index (Phi) is 15.6. The summed E-state index contributed by atoms with van der Waals surface area (Å²) in [6.45, 7) is 16.7. The average molecular weight is 368 g/mol. The van der Waals surface area contributed by atoms with Crippen LogP contribution in [-0.2, 0) is 6.54 Å². The Balaban J connectivity index is 0.00000301. The summed E-state index contributed by atoms with van der Waals surface area (Å²) < 4.78 is 0. The van der Waals surface area contributed by atoms with Crippen molar-refractivity contribution in [2.45, 2.75) is 53.4 Å². The second-order valence-corrected chi connectivity index (χ2v) is 6.56. The molecule has 0 aliphatic carbocycles. The number of hydrogen-bond donors (Lipinski definition) is 3. The van der Waals surface area contributed by atoms with Gasteiger partial charge < -0.3 is 15.5 Å². The van der Waals surface area contributed by atoms with Crippen LogP contribution in [0.5, 0.6) is 0 Å². The van der Waals surface area contributed by atoms with Crippen LogP contribution in [0.25, 0.3) is 0 Å². The molecule has 0 aliphatic heterocycles. The molecule has 3 N–H and O–H groups in total. The molecule has 1 rings (SSSR count). The van der Waals surface area contributed by atoms with Crippen molar-refractivity contribution in [1.29, 1.82) is 0 Å². The standard InChI is InChI=1S/C19H35N3O2.C2H6/c1-4-21(16-19-8-6-5-7-9-19)12-13-22(15-18(3)24)11-10-20-14-17(2)23;1-2/h5-9,17-18,20,23-24H,4,10-16H2,1-3H3;1-2H3. The summed E-state index contributed by atoms with van der Waals surface area (Å²) in [4.78, 5) is 4.71. The van der Waals surface area contributed by atoms with Gasteiger partial charge in [0.05, 0.1) is 12.2 Å². The molecule has 0 bridgehead atoms. The Hall–Kier alpha value is -0.980. The van der Waals surface area contributed by atoms with Crippen molar-refractivity contribution >= 4 is 0 Å². The highest BCUT2D eigenvalue weighted by molar-refractivity contribution is 5.14. The molecule has 0 radical (unpaired) electrons. The molecule has 0 heterocycles. The molecule has 1 aromatic rings. The van der Waals surface area contributed by atoms with E-state index in [9.17, 15) is 10.2 Å². The van der Waals surface area contributed by atoms with E-state index in [0.29, 0.717) is 13.1 Å². The average Bonchev–Trinajstić information content (AvgIpc) is 2.63. The van der Waals surface area contributed by atoms with Gasteiger partial charge in [0.2, 0.25) is 0 Å². The Morgan fingerprint density at radius 2 is 1.54 bits per heavy atom. The van der Waals surface area contributed by atoms with Crippen LogP contribution in [0.3, 0.4) is 0 Å². The highest BCUT2D eigenvalue weighted by Gasteiger charge is 2.11. The third kappa shape index (κ3) is 13.3. The smallest absolute Gasteiger partial charge is 0.0639 e. The first-order valence-electron chi connectivity index (χ1n) is 10.1. The number of nitrogens with one attached hydrogen (secondary N) is 1. The van der Waals surface area contributed by atoms with E-state index in [0.717, 1.165) is 39.3 Å².